The van der Waals surface area contributed by atoms with Crippen molar-refractivity contribution in [3.63, 3.8) is 0 Å². The van der Waals surface area contributed by atoms with Gasteiger partial charge in [0.1, 0.15) is 5.82 Å². The number of nitrogens with two attached hydrogens (primary N) is 1. The monoisotopic (exact) mass is 241 g/mol. The van der Waals surface area contributed by atoms with Crippen molar-refractivity contribution in [2.24, 2.45) is 5.73 Å². The Hall–Kier alpha value is -0.750. The summed E-state index contributed by atoms with van der Waals surface area (Å²) in [5.74, 6) is 2.86. The third kappa shape index (κ3) is 2.89. The molecule has 3 N–H and O–H groups in total. The van der Waals surface area contributed by atoms with Crippen LogP contribution >= 0.6 is 11.8 Å². The molecular formula is C10H19N5S. The van der Waals surface area contributed by atoms with Gasteiger partial charge in [-0.3, -0.25) is 5.10 Å². The second kappa shape index (κ2) is 5.54. The molecule has 0 spiro atoms. The zero-order valence-corrected chi connectivity index (χ0v) is 10.5. The predicted molar refractivity (Wildman–Crippen MR) is 67.9 cm³/mol. The molecule has 0 bridgehead atoms. The average Bonchev–Trinajstić information content (AvgIpc) is 2.75. The van der Waals surface area contributed by atoms with E-state index >= 15 is 0 Å². The number of thioether (sulfide) groups is 1. The number of rotatable bonds is 4. The maximum atomic E-state index is 5.94. The van der Waals surface area contributed by atoms with E-state index in [9.17, 15) is 0 Å². The van der Waals surface area contributed by atoms with Crippen molar-refractivity contribution in [1.29, 1.82) is 0 Å². The SMILES string of the molecule is CSCCc1nc(N2CCCC(N)C2)n[nH]1. The summed E-state index contributed by atoms with van der Waals surface area (Å²) in [5.41, 5.74) is 5.94. The molecule has 1 saturated heterocycles. The van der Waals surface area contributed by atoms with E-state index in [1.54, 1.807) is 0 Å². The third-order valence-corrected chi connectivity index (χ3v) is 3.42. The van der Waals surface area contributed by atoms with Crippen LogP contribution in [0, 0.1) is 0 Å². The Morgan fingerprint density at radius 1 is 1.62 bits per heavy atom. The third-order valence-electron chi connectivity index (χ3n) is 2.80. The number of piperidine rings is 1. The Balaban J connectivity index is 1.95. The van der Waals surface area contributed by atoms with E-state index in [-0.39, 0.29) is 6.04 Å². The lowest BCUT2D eigenvalue weighted by Gasteiger charge is -2.29. The molecule has 2 heterocycles. The molecule has 90 valence electrons. The molecule has 1 aliphatic rings. The highest BCUT2D eigenvalue weighted by Crippen LogP contribution is 2.15. The molecule has 0 aromatic carbocycles. The predicted octanol–water partition coefficient (Wildman–Crippen LogP) is 0.638. The van der Waals surface area contributed by atoms with Crippen LogP contribution < -0.4 is 10.6 Å². The van der Waals surface area contributed by atoms with Gasteiger partial charge in [-0.05, 0) is 19.1 Å². The summed E-state index contributed by atoms with van der Waals surface area (Å²) in [4.78, 5) is 6.67. The minimum atomic E-state index is 0.266. The van der Waals surface area contributed by atoms with Gasteiger partial charge in [-0.1, -0.05) is 0 Å². The van der Waals surface area contributed by atoms with E-state index < -0.39 is 0 Å². The zero-order valence-electron chi connectivity index (χ0n) is 9.65. The normalized spacial score (nSPS) is 21.4. The van der Waals surface area contributed by atoms with Crippen molar-refractivity contribution in [2.75, 3.05) is 30.0 Å². The van der Waals surface area contributed by atoms with E-state index in [1.165, 1.54) is 0 Å². The van der Waals surface area contributed by atoms with Crippen molar-refractivity contribution in [3.05, 3.63) is 5.82 Å². The fourth-order valence-corrected chi connectivity index (χ4v) is 2.33. The van der Waals surface area contributed by atoms with Crippen LogP contribution in [0.2, 0.25) is 0 Å². The highest BCUT2D eigenvalue weighted by molar-refractivity contribution is 7.98. The minimum Gasteiger partial charge on any atom is -0.338 e. The highest BCUT2D eigenvalue weighted by atomic mass is 32.2. The molecule has 16 heavy (non-hydrogen) atoms. The number of hydrogen-bond donors (Lipinski definition) is 2. The number of hydrogen-bond acceptors (Lipinski definition) is 5. The van der Waals surface area contributed by atoms with Crippen molar-refractivity contribution in [3.8, 4) is 0 Å². The first kappa shape index (κ1) is 11.7. The van der Waals surface area contributed by atoms with Crippen molar-refractivity contribution >= 4 is 17.7 Å². The van der Waals surface area contributed by atoms with E-state index in [2.05, 4.69) is 26.3 Å². The Kier molecular flexibility index (Phi) is 4.06. The van der Waals surface area contributed by atoms with Crippen molar-refractivity contribution < 1.29 is 0 Å². The Morgan fingerprint density at radius 2 is 2.50 bits per heavy atom. The van der Waals surface area contributed by atoms with Gasteiger partial charge in [-0.15, -0.1) is 5.10 Å². The molecule has 1 unspecified atom stereocenters. The molecular weight excluding hydrogens is 222 g/mol. The van der Waals surface area contributed by atoms with Crippen LogP contribution in [0.1, 0.15) is 18.7 Å². The van der Waals surface area contributed by atoms with Crippen molar-refractivity contribution in [1.82, 2.24) is 15.2 Å². The summed E-state index contributed by atoms with van der Waals surface area (Å²) in [6.45, 7) is 1.90. The van der Waals surface area contributed by atoms with Gasteiger partial charge in [0.05, 0.1) is 0 Å². The molecule has 5 nitrogen and oxygen atoms in total. The van der Waals surface area contributed by atoms with Gasteiger partial charge in [-0.2, -0.15) is 16.7 Å². The Morgan fingerprint density at radius 3 is 3.25 bits per heavy atom. The summed E-state index contributed by atoms with van der Waals surface area (Å²) in [7, 11) is 0. The van der Waals surface area contributed by atoms with Gasteiger partial charge in [0.25, 0.3) is 0 Å². The van der Waals surface area contributed by atoms with Crippen molar-refractivity contribution in [2.45, 2.75) is 25.3 Å². The molecule has 1 aliphatic heterocycles. The summed E-state index contributed by atoms with van der Waals surface area (Å²) < 4.78 is 0. The molecule has 1 atom stereocenters. The molecule has 0 amide bonds. The van der Waals surface area contributed by atoms with Gasteiger partial charge >= 0.3 is 0 Å². The minimum absolute atomic E-state index is 0.266. The quantitative estimate of drug-likeness (QED) is 0.809. The standard InChI is InChI=1S/C10H19N5S/c1-16-6-4-9-12-10(14-13-9)15-5-2-3-8(11)7-15/h8H,2-7,11H2,1H3,(H,12,13,14). The first-order chi connectivity index (χ1) is 7.79. The lowest BCUT2D eigenvalue weighted by atomic mass is 10.1. The second-order valence-corrected chi connectivity index (χ2v) is 5.16. The van der Waals surface area contributed by atoms with E-state index in [0.29, 0.717) is 0 Å². The molecule has 0 aliphatic carbocycles. The van der Waals surface area contributed by atoms with Crippen LogP contribution in [0.25, 0.3) is 0 Å². The van der Waals surface area contributed by atoms with Crippen LogP contribution in [0.4, 0.5) is 5.95 Å². The Labute approximate surface area is 100 Å². The number of anilines is 1. The van der Waals surface area contributed by atoms with Gasteiger partial charge in [0.2, 0.25) is 5.95 Å². The topological polar surface area (TPSA) is 70.8 Å². The number of nitrogens with zero attached hydrogens (tertiary/aromatic N) is 3. The first-order valence-corrected chi connectivity index (χ1v) is 7.09. The highest BCUT2D eigenvalue weighted by Gasteiger charge is 2.19. The van der Waals surface area contributed by atoms with E-state index in [0.717, 1.165) is 49.9 Å². The molecule has 0 radical (unpaired) electrons. The van der Waals surface area contributed by atoms with E-state index in [4.69, 9.17) is 5.73 Å². The van der Waals surface area contributed by atoms with Crippen LogP contribution in [0.5, 0.6) is 0 Å². The largest absolute Gasteiger partial charge is 0.338 e. The van der Waals surface area contributed by atoms with Crippen LogP contribution in [0.15, 0.2) is 0 Å². The smallest absolute Gasteiger partial charge is 0.244 e. The van der Waals surface area contributed by atoms with Gasteiger partial charge in [0.15, 0.2) is 0 Å². The number of aryl methyl sites for hydroxylation is 1. The molecule has 6 heteroatoms. The molecule has 0 saturated carbocycles. The number of aromatic amines is 1. The summed E-state index contributed by atoms with van der Waals surface area (Å²) in [5, 5.41) is 7.25. The maximum absolute atomic E-state index is 5.94. The number of nitrogens with one attached hydrogen (secondary N) is 1. The number of aromatic nitrogens is 3. The second-order valence-electron chi connectivity index (χ2n) is 4.17. The first-order valence-electron chi connectivity index (χ1n) is 5.70. The Bertz CT molecular complexity index is 327. The lowest BCUT2D eigenvalue weighted by molar-refractivity contribution is 0.500. The summed E-state index contributed by atoms with van der Waals surface area (Å²) >= 11 is 1.82. The van der Waals surface area contributed by atoms with Crippen LogP contribution in [-0.2, 0) is 6.42 Å². The van der Waals surface area contributed by atoms with Crippen LogP contribution in [-0.4, -0.2) is 46.3 Å². The zero-order chi connectivity index (χ0) is 11.4. The van der Waals surface area contributed by atoms with E-state index in [1.807, 2.05) is 11.8 Å². The van der Waals surface area contributed by atoms with Gasteiger partial charge in [0, 0.05) is 31.3 Å². The molecule has 2 rings (SSSR count). The number of H-pyrrole nitrogens is 1. The molecule has 1 aromatic rings. The molecule has 1 aromatic heterocycles. The van der Waals surface area contributed by atoms with Gasteiger partial charge < -0.3 is 10.6 Å². The summed E-state index contributed by atoms with van der Waals surface area (Å²) in [6, 6.07) is 0.266. The molecule has 1 fully saturated rings. The summed E-state index contributed by atoms with van der Waals surface area (Å²) in [6.07, 6.45) is 5.30. The fourth-order valence-electron chi connectivity index (χ4n) is 1.93. The lowest BCUT2D eigenvalue weighted by Crippen LogP contribution is -2.43. The fraction of sp³-hybridized carbons (Fsp3) is 0.800. The van der Waals surface area contributed by atoms with Crippen LogP contribution in [0.3, 0.4) is 0 Å². The average molecular weight is 241 g/mol. The maximum Gasteiger partial charge on any atom is 0.244 e. The van der Waals surface area contributed by atoms with Gasteiger partial charge in [-0.25, -0.2) is 0 Å².